The molecule has 3 aromatic rings. The van der Waals surface area contributed by atoms with Gasteiger partial charge in [-0.05, 0) is 60.4 Å². The molecule has 3 aromatic carbocycles. The Labute approximate surface area is 207 Å². The topological polar surface area (TPSA) is 105 Å². The molecule has 0 saturated heterocycles. The van der Waals surface area contributed by atoms with Crippen molar-refractivity contribution < 1.29 is 19.4 Å². The molecule has 0 fully saturated rings. The molecule has 178 valence electrons. The summed E-state index contributed by atoms with van der Waals surface area (Å²) in [6, 6.07) is 15.8. The number of halogens is 1. The normalized spacial score (nSPS) is 17.6. The monoisotopic (exact) mass is 525 g/mol. The molecule has 34 heavy (non-hydrogen) atoms. The maximum atomic E-state index is 13.8. The standard InChI is InChI=1S/C26H28BrN3O4/c1-15(31)24(28)25(32)29-21-11-7-16-5-3-4-6-22(16)30(26(21)33)14-20-19-10-9-18(27)13-17(19)8-12-23(20)34-2/h3-6,8-10,12-13,15,21,24,31H,7,11,14,28H2,1-2H3,(H,29,32)/t15-,21?,24+/m1/s1. The van der Waals surface area contributed by atoms with Crippen molar-refractivity contribution in [3.8, 4) is 5.75 Å². The smallest absolute Gasteiger partial charge is 0.249 e. The Morgan fingerprint density at radius 3 is 2.76 bits per heavy atom. The van der Waals surface area contributed by atoms with Gasteiger partial charge in [-0.1, -0.05) is 46.3 Å². The molecule has 0 saturated carbocycles. The third kappa shape index (κ3) is 4.80. The fourth-order valence-corrected chi connectivity index (χ4v) is 4.74. The number of aliphatic hydroxyl groups excluding tert-OH is 1. The highest BCUT2D eigenvalue weighted by atomic mass is 79.9. The molecule has 0 bridgehead atoms. The number of hydrogen-bond acceptors (Lipinski definition) is 5. The van der Waals surface area contributed by atoms with Crippen molar-refractivity contribution in [3.63, 3.8) is 0 Å². The summed E-state index contributed by atoms with van der Waals surface area (Å²) in [5.74, 6) is -0.0971. The van der Waals surface area contributed by atoms with Crippen LogP contribution in [0.4, 0.5) is 5.69 Å². The Bertz CT molecular complexity index is 1230. The molecule has 1 heterocycles. The van der Waals surface area contributed by atoms with Gasteiger partial charge in [0, 0.05) is 15.7 Å². The van der Waals surface area contributed by atoms with E-state index in [-0.39, 0.29) is 12.5 Å². The lowest BCUT2D eigenvalue weighted by atomic mass is 10.0. The van der Waals surface area contributed by atoms with Gasteiger partial charge in [0.15, 0.2) is 0 Å². The van der Waals surface area contributed by atoms with Crippen LogP contribution in [0.25, 0.3) is 10.8 Å². The predicted molar refractivity (Wildman–Crippen MR) is 136 cm³/mol. The van der Waals surface area contributed by atoms with Crippen LogP contribution in [0, 0.1) is 0 Å². The number of aryl methyl sites for hydroxylation is 1. The van der Waals surface area contributed by atoms with Crippen LogP contribution in [0.15, 0.2) is 59.1 Å². The molecule has 7 nitrogen and oxygen atoms in total. The zero-order valence-corrected chi connectivity index (χ0v) is 20.7. The number of anilines is 1. The number of aliphatic hydroxyl groups is 1. The van der Waals surface area contributed by atoms with Crippen LogP contribution in [0.2, 0.25) is 0 Å². The lowest BCUT2D eigenvalue weighted by molar-refractivity contribution is -0.129. The van der Waals surface area contributed by atoms with Crippen molar-refractivity contribution in [2.75, 3.05) is 12.0 Å². The molecule has 4 N–H and O–H groups in total. The Balaban J connectivity index is 1.76. The van der Waals surface area contributed by atoms with Gasteiger partial charge in [-0.25, -0.2) is 0 Å². The average molecular weight is 526 g/mol. The van der Waals surface area contributed by atoms with Crippen LogP contribution >= 0.6 is 15.9 Å². The van der Waals surface area contributed by atoms with Crippen LogP contribution in [0.5, 0.6) is 5.75 Å². The van der Waals surface area contributed by atoms with Crippen LogP contribution < -0.4 is 20.7 Å². The molecule has 0 aliphatic carbocycles. The summed E-state index contributed by atoms with van der Waals surface area (Å²) in [6.45, 7) is 1.72. The van der Waals surface area contributed by atoms with Crippen LogP contribution in [0.1, 0.15) is 24.5 Å². The largest absolute Gasteiger partial charge is 0.496 e. The van der Waals surface area contributed by atoms with Gasteiger partial charge in [0.25, 0.3) is 0 Å². The lowest BCUT2D eigenvalue weighted by Gasteiger charge is -2.28. The van der Waals surface area contributed by atoms with Crippen molar-refractivity contribution in [3.05, 3.63) is 70.2 Å². The Morgan fingerprint density at radius 2 is 2.03 bits per heavy atom. The first-order valence-corrected chi connectivity index (χ1v) is 12.0. The molecule has 0 radical (unpaired) electrons. The average Bonchev–Trinajstić information content (AvgIpc) is 2.95. The highest BCUT2D eigenvalue weighted by Crippen LogP contribution is 2.35. The van der Waals surface area contributed by atoms with E-state index in [1.54, 1.807) is 12.0 Å². The summed E-state index contributed by atoms with van der Waals surface area (Å²) in [7, 11) is 1.61. The summed E-state index contributed by atoms with van der Waals surface area (Å²) in [5, 5.41) is 14.5. The van der Waals surface area contributed by atoms with E-state index in [0.29, 0.717) is 18.6 Å². The number of nitrogens with one attached hydrogen (secondary N) is 1. The first-order valence-electron chi connectivity index (χ1n) is 11.2. The quantitative estimate of drug-likeness (QED) is 0.458. The molecule has 2 amide bonds. The zero-order chi connectivity index (χ0) is 24.4. The number of carbonyl (C=O) groups is 2. The second-order valence-corrected chi connectivity index (χ2v) is 9.45. The van der Waals surface area contributed by atoms with Crippen molar-refractivity contribution in [1.82, 2.24) is 5.32 Å². The van der Waals surface area contributed by atoms with E-state index in [4.69, 9.17) is 10.5 Å². The van der Waals surface area contributed by atoms with Crippen molar-refractivity contribution >= 4 is 44.2 Å². The number of nitrogens with two attached hydrogens (primary N) is 1. The zero-order valence-electron chi connectivity index (χ0n) is 19.1. The molecule has 0 spiro atoms. The van der Waals surface area contributed by atoms with E-state index in [0.717, 1.165) is 32.1 Å². The summed E-state index contributed by atoms with van der Waals surface area (Å²) in [6.07, 6.45) is 0.0328. The number of benzene rings is 3. The summed E-state index contributed by atoms with van der Waals surface area (Å²) >= 11 is 3.52. The highest BCUT2D eigenvalue weighted by molar-refractivity contribution is 9.10. The van der Waals surface area contributed by atoms with Gasteiger partial charge in [0.05, 0.1) is 19.8 Å². The number of rotatable bonds is 6. The fourth-order valence-electron chi connectivity index (χ4n) is 4.36. The van der Waals surface area contributed by atoms with Gasteiger partial charge in [-0.2, -0.15) is 0 Å². The SMILES string of the molecule is COc1ccc2cc(Br)ccc2c1CN1C(=O)C(NC(=O)[C@@H](N)[C@@H](C)O)CCc2ccccc21. The maximum Gasteiger partial charge on any atom is 0.249 e. The van der Waals surface area contributed by atoms with Gasteiger partial charge in [0.2, 0.25) is 11.8 Å². The third-order valence-electron chi connectivity index (χ3n) is 6.27. The number of hydrogen-bond donors (Lipinski definition) is 3. The number of fused-ring (bicyclic) bond motifs is 2. The highest BCUT2D eigenvalue weighted by Gasteiger charge is 2.33. The number of methoxy groups -OCH3 is 1. The number of para-hydroxylation sites is 1. The molecular weight excluding hydrogens is 498 g/mol. The molecule has 1 aliphatic heterocycles. The van der Waals surface area contributed by atoms with Gasteiger partial charge < -0.3 is 25.8 Å². The van der Waals surface area contributed by atoms with Crippen molar-refractivity contribution in [2.45, 2.75) is 44.5 Å². The molecule has 1 aliphatic rings. The van der Waals surface area contributed by atoms with E-state index in [1.165, 1.54) is 6.92 Å². The van der Waals surface area contributed by atoms with Crippen molar-refractivity contribution in [2.24, 2.45) is 5.73 Å². The van der Waals surface area contributed by atoms with Crippen LogP contribution in [-0.2, 0) is 22.6 Å². The molecule has 1 unspecified atom stereocenters. The molecule has 4 rings (SSSR count). The molecule has 8 heteroatoms. The maximum absolute atomic E-state index is 13.8. The molecule has 3 atom stereocenters. The summed E-state index contributed by atoms with van der Waals surface area (Å²) < 4.78 is 6.63. The lowest BCUT2D eigenvalue weighted by Crippen LogP contribution is -2.54. The van der Waals surface area contributed by atoms with E-state index >= 15 is 0 Å². The summed E-state index contributed by atoms with van der Waals surface area (Å²) in [5.41, 5.74) is 8.52. The minimum atomic E-state index is -1.11. The minimum absolute atomic E-state index is 0.229. The van der Waals surface area contributed by atoms with Crippen LogP contribution in [0.3, 0.4) is 0 Å². The second-order valence-electron chi connectivity index (χ2n) is 8.53. The molecule has 0 aromatic heterocycles. The van der Waals surface area contributed by atoms with Crippen molar-refractivity contribution in [1.29, 1.82) is 0 Å². The number of ether oxygens (including phenoxy) is 1. The van der Waals surface area contributed by atoms with Gasteiger partial charge in [-0.15, -0.1) is 0 Å². The first kappa shape index (κ1) is 24.2. The van der Waals surface area contributed by atoms with Gasteiger partial charge in [0.1, 0.15) is 17.8 Å². The van der Waals surface area contributed by atoms with E-state index in [1.807, 2.05) is 54.6 Å². The predicted octanol–water partition coefficient (Wildman–Crippen LogP) is 3.28. The Morgan fingerprint density at radius 1 is 1.26 bits per heavy atom. The number of nitrogens with zero attached hydrogens (tertiary/aromatic N) is 1. The number of amides is 2. The van der Waals surface area contributed by atoms with E-state index < -0.39 is 24.1 Å². The van der Waals surface area contributed by atoms with Crippen LogP contribution in [-0.4, -0.2) is 42.2 Å². The number of carbonyl (C=O) groups excluding carboxylic acids is 2. The second kappa shape index (κ2) is 10.1. The van der Waals surface area contributed by atoms with Gasteiger partial charge >= 0.3 is 0 Å². The Kier molecular flexibility index (Phi) is 7.21. The third-order valence-corrected chi connectivity index (χ3v) is 6.77. The fraction of sp³-hybridized carbons (Fsp3) is 0.308. The van der Waals surface area contributed by atoms with Gasteiger partial charge in [-0.3, -0.25) is 9.59 Å². The Hall–Kier alpha value is -2.94. The van der Waals surface area contributed by atoms with E-state index in [2.05, 4.69) is 21.2 Å². The van der Waals surface area contributed by atoms with E-state index in [9.17, 15) is 14.7 Å². The molecular formula is C26H28BrN3O4. The summed E-state index contributed by atoms with van der Waals surface area (Å²) in [4.78, 5) is 28.1. The first-order chi connectivity index (χ1) is 16.3. The minimum Gasteiger partial charge on any atom is -0.496 e.